The molecule has 0 bridgehead atoms. The van der Waals surface area contributed by atoms with Crippen molar-refractivity contribution in [2.45, 2.75) is 51.2 Å². The molecular formula is C14H26F3IN4O. The highest BCUT2D eigenvalue weighted by Crippen LogP contribution is 2.17. The summed E-state index contributed by atoms with van der Waals surface area (Å²) in [5, 5.41) is 6.26. The molecule has 2 N–H and O–H groups in total. The van der Waals surface area contributed by atoms with Gasteiger partial charge in [-0.3, -0.25) is 4.79 Å². The van der Waals surface area contributed by atoms with Crippen LogP contribution >= 0.6 is 24.0 Å². The van der Waals surface area contributed by atoms with E-state index in [1.165, 1.54) is 6.42 Å². The summed E-state index contributed by atoms with van der Waals surface area (Å²) in [5.74, 6) is -0.165. The molecule has 23 heavy (non-hydrogen) atoms. The van der Waals surface area contributed by atoms with Crippen LogP contribution in [0.25, 0.3) is 0 Å². The van der Waals surface area contributed by atoms with Crippen molar-refractivity contribution in [3.05, 3.63) is 0 Å². The van der Waals surface area contributed by atoms with Crippen molar-refractivity contribution in [3.8, 4) is 0 Å². The number of halogens is 4. The molecule has 0 atom stereocenters. The van der Waals surface area contributed by atoms with E-state index in [2.05, 4.69) is 15.6 Å². The maximum Gasteiger partial charge on any atom is 0.406 e. The lowest BCUT2D eigenvalue weighted by molar-refractivity contribution is -0.157. The molecule has 5 nitrogen and oxygen atoms in total. The Morgan fingerprint density at radius 1 is 1.26 bits per heavy atom. The Morgan fingerprint density at radius 3 is 2.39 bits per heavy atom. The Hall–Kier alpha value is -0.740. The standard InChI is InChI=1S/C14H25F3N4O.HI/c1-3-18-13(20-11-7-5-4-6-8-11)19-9-12(22)21(2)10-14(15,16)17;/h11H,3-10H2,1-2H3,(H2,18,19,20);1H. The molecule has 0 saturated heterocycles. The number of aliphatic imine (C=N–C) groups is 1. The van der Waals surface area contributed by atoms with Crippen molar-refractivity contribution in [3.63, 3.8) is 0 Å². The van der Waals surface area contributed by atoms with Gasteiger partial charge in [0.25, 0.3) is 0 Å². The van der Waals surface area contributed by atoms with Crippen LogP contribution in [0.5, 0.6) is 0 Å². The van der Waals surface area contributed by atoms with Crippen LogP contribution < -0.4 is 10.6 Å². The second-order valence-electron chi connectivity index (χ2n) is 5.54. The van der Waals surface area contributed by atoms with E-state index in [1.54, 1.807) is 0 Å². The van der Waals surface area contributed by atoms with Crippen LogP contribution in [0.2, 0.25) is 0 Å². The van der Waals surface area contributed by atoms with Crippen LogP contribution in [0.15, 0.2) is 4.99 Å². The first-order chi connectivity index (χ1) is 10.3. The Bertz CT molecular complexity index is 385. The molecule has 0 aromatic heterocycles. The predicted molar refractivity (Wildman–Crippen MR) is 95.1 cm³/mol. The third-order valence-corrected chi connectivity index (χ3v) is 3.50. The molecular weight excluding hydrogens is 424 g/mol. The highest BCUT2D eigenvalue weighted by molar-refractivity contribution is 14.0. The van der Waals surface area contributed by atoms with E-state index >= 15 is 0 Å². The van der Waals surface area contributed by atoms with Crippen molar-refractivity contribution < 1.29 is 18.0 Å². The molecule has 1 saturated carbocycles. The van der Waals surface area contributed by atoms with Crippen LogP contribution in [0.4, 0.5) is 13.2 Å². The van der Waals surface area contributed by atoms with E-state index in [0.717, 1.165) is 32.7 Å². The minimum absolute atomic E-state index is 0. The lowest BCUT2D eigenvalue weighted by atomic mass is 9.96. The van der Waals surface area contributed by atoms with Crippen LogP contribution in [0, 0.1) is 0 Å². The number of rotatable bonds is 5. The number of nitrogens with zero attached hydrogens (tertiary/aromatic N) is 2. The summed E-state index contributed by atoms with van der Waals surface area (Å²) in [6, 6.07) is 0.314. The van der Waals surface area contributed by atoms with Gasteiger partial charge >= 0.3 is 6.18 Å². The van der Waals surface area contributed by atoms with Gasteiger partial charge in [0.15, 0.2) is 5.96 Å². The number of amides is 1. The van der Waals surface area contributed by atoms with Gasteiger partial charge in [-0.25, -0.2) is 4.99 Å². The Kier molecular flexibility index (Phi) is 10.6. The number of alkyl halides is 3. The number of hydrogen-bond donors (Lipinski definition) is 2. The van der Waals surface area contributed by atoms with Crippen LogP contribution in [0.3, 0.4) is 0 Å². The van der Waals surface area contributed by atoms with Gasteiger partial charge in [-0.2, -0.15) is 13.2 Å². The highest BCUT2D eigenvalue weighted by Gasteiger charge is 2.31. The predicted octanol–water partition coefficient (Wildman–Crippen LogP) is 2.51. The van der Waals surface area contributed by atoms with E-state index < -0.39 is 18.6 Å². The number of carbonyl (C=O) groups is 1. The fourth-order valence-corrected chi connectivity index (χ4v) is 2.38. The first-order valence-electron chi connectivity index (χ1n) is 7.67. The van der Waals surface area contributed by atoms with Crippen molar-refractivity contribution in [1.29, 1.82) is 0 Å². The first kappa shape index (κ1) is 22.3. The van der Waals surface area contributed by atoms with Gasteiger partial charge in [-0.15, -0.1) is 24.0 Å². The molecule has 1 amide bonds. The Labute approximate surface area is 152 Å². The lowest BCUT2D eigenvalue weighted by Gasteiger charge is -2.25. The molecule has 0 unspecified atom stereocenters. The van der Waals surface area contributed by atoms with Gasteiger partial charge in [0.05, 0.1) is 0 Å². The summed E-state index contributed by atoms with van der Waals surface area (Å²) in [6.45, 7) is 0.976. The third-order valence-electron chi connectivity index (χ3n) is 3.50. The van der Waals surface area contributed by atoms with E-state index in [4.69, 9.17) is 0 Å². The van der Waals surface area contributed by atoms with Crippen LogP contribution in [-0.4, -0.2) is 55.7 Å². The molecule has 0 radical (unpaired) electrons. The number of guanidine groups is 1. The van der Waals surface area contributed by atoms with Crippen LogP contribution in [-0.2, 0) is 4.79 Å². The van der Waals surface area contributed by atoms with Crippen LogP contribution in [0.1, 0.15) is 39.0 Å². The number of hydrogen-bond acceptors (Lipinski definition) is 2. The average Bonchev–Trinajstić information content (AvgIpc) is 2.44. The van der Waals surface area contributed by atoms with Crippen molar-refractivity contribution in [2.24, 2.45) is 4.99 Å². The summed E-state index contributed by atoms with van der Waals surface area (Å²) < 4.78 is 36.7. The molecule has 1 rings (SSSR count). The van der Waals surface area contributed by atoms with Gasteiger partial charge in [-0.1, -0.05) is 19.3 Å². The molecule has 1 fully saturated rings. The summed E-state index contributed by atoms with van der Waals surface area (Å²) in [5.41, 5.74) is 0. The Balaban J connectivity index is 0.00000484. The van der Waals surface area contributed by atoms with Gasteiger partial charge in [0.1, 0.15) is 13.1 Å². The maximum absolute atomic E-state index is 12.2. The molecule has 0 aromatic rings. The quantitative estimate of drug-likeness (QED) is 0.385. The van der Waals surface area contributed by atoms with Gasteiger partial charge in [0, 0.05) is 19.6 Å². The summed E-state index contributed by atoms with van der Waals surface area (Å²) >= 11 is 0. The molecule has 0 spiro atoms. The molecule has 0 aromatic carbocycles. The lowest BCUT2D eigenvalue weighted by Crippen LogP contribution is -2.45. The summed E-state index contributed by atoms with van der Waals surface area (Å²) in [7, 11) is 1.13. The molecule has 1 aliphatic carbocycles. The van der Waals surface area contributed by atoms with Gasteiger partial charge < -0.3 is 15.5 Å². The zero-order valence-electron chi connectivity index (χ0n) is 13.6. The largest absolute Gasteiger partial charge is 0.406 e. The molecule has 0 heterocycles. The SMILES string of the molecule is CCNC(=NCC(=O)N(C)CC(F)(F)F)NC1CCCCC1.I. The molecule has 1 aliphatic rings. The molecule has 9 heteroatoms. The van der Waals surface area contributed by atoms with Crippen molar-refractivity contribution >= 4 is 35.8 Å². The minimum atomic E-state index is -4.39. The molecule has 136 valence electrons. The summed E-state index contributed by atoms with van der Waals surface area (Å²) in [6.07, 6.45) is 1.25. The fourth-order valence-electron chi connectivity index (χ4n) is 2.38. The monoisotopic (exact) mass is 450 g/mol. The zero-order chi connectivity index (χ0) is 16.6. The zero-order valence-corrected chi connectivity index (χ0v) is 15.9. The molecule has 0 aliphatic heterocycles. The van der Waals surface area contributed by atoms with Gasteiger partial charge in [0.2, 0.25) is 5.91 Å². The maximum atomic E-state index is 12.2. The minimum Gasteiger partial charge on any atom is -0.357 e. The highest BCUT2D eigenvalue weighted by atomic mass is 127. The van der Waals surface area contributed by atoms with E-state index in [9.17, 15) is 18.0 Å². The summed E-state index contributed by atoms with van der Waals surface area (Å²) in [4.78, 5) is 16.4. The normalized spacial score (nSPS) is 16.5. The van der Waals surface area contributed by atoms with Gasteiger partial charge in [-0.05, 0) is 19.8 Å². The fraction of sp³-hybridized carbons (Fsp3) is 0.857. The topological polar surface area (TPSA) is 56.7 Å². The van der Waals surface area contributed by atoms with Crippen molar-refractivity contribution in [1.82, 2.24) is 15.5 Å². The average molecular weight is 450 g/mol. The van der Waals surface area contributed by atoms with E-state index in [0.29, 0.717) is 23.4 Å². The van der Waals surface area contributed by atoms with Crippen molar-refractivity contribution in [2.75, 3.05) is 26.7 Å². The number of nitrogens with one attached hydrogen (secondary N) is 2. The third kappa shape index (κ3) is 9.87. The number of carbonyl (C=O) groups excluding carboxylic acids is 1. The van der Waals surface area contributed by atoms with E-state index in [-0.39, 0.29) is 30.5 Å². The second-order valence-corrected chi connectivity index (χ2v) is 5.54. The smallest absolute Gasteiger partial charge is 0.357 e. The second kappa shape index (κ2) is 10.9. The Morgan fingerprint density at radius 2 is 1.87 bits per heavy atom. The number of likely N-dealkylation sites (N-methyl/N-ethyl adjacent to an activating group) is 1. The first-order valence-corrected chi connectivity index (χ1v) is 7.67. The van der Waals surface area contributed by atoms with E-state index in [1.807, 2.05) is 6.92 Å².